The van der Waals surface area contributed by atoms with Crippen molar-refractivity contribution in [2.45, 2.75) is 33.2 Å². The molecule has 1 aliphatic rings. The summed E-state index contributed by atoms with van der Waals surface area (Å²) in [4.78, 5) is 32.2. The van der Waals surface area contributed by atoms with Gasteiger partial charge in [0.1, 0.15) is 0 Å². The van der Waals surface area contributed by atoms with Crippen molar-refractivity contribution in [3.8, 4) is 11.4 Å². The van der Waals surface area contributed by atoms with E-state index in [0.717, 1.165) is 18.7 Å². The zero-order valence-electron chi connectivity index (χ0n) is 20.0. The summed E-state index contributed by atoms with van der Waals surface area (Å²) in [6.07, 6.45) is 1.43. The van der Waals surface area contributed by atoms with Crippen LogP contribution in [-0.4, -0.2) is 46.5 Å². The van der Waals surface area contributed by atoms with Crippen molar-refractivity contribution >= 4 is 29.1 Å². The van der Waals surface area contributed by atoms with E-state index in [1.54, 1.807) is 30.3 Å². The summed E-state index contributed by atoms with van der Waals surface area (Å²) in [5, 5.41) is 10.6. The summed E-state index contributed by atoms with van der Waals surface area (Å²) in [6.45, 7) is 6.68. The number of nitrogens with one attached hydrogen (secondary N) is 2. The molecule has 2 N–H and O–H groups in total. The summed E-state index contributed by atoms with van der Waals surface area (Å²) in [7, 11) is 0. The fraction of sp³-hybridized carbons (Fsp3) is 0.385. The highest BCUT2D eigenvalue weighted by molar-refractivity contribution is 6.30. The Bertz CT molecular complexity index is 1150. The molecule has 3 aromatic rings. The van der Waals surface area contributed by atoms with Gasteiger partial charge in [0, 0.05) is 23.0 Å². The first-order chi connectivity index (χ1) is 16.9. The van der Waals surface area contributed by atoms with E-state index in [1.165, 1.54) is 0 Å². The molecule has 9 heteroatoms. The minimum Gasteiger partial charge on any atom is -0.352 e. The molecule has 1 aromatic heterocycles. The summed E-state index contributed by atoms with van der Waals surface area (Å²) >= 11 is 5.94. The van der Waals surface area contributed by atoms with Gasteiger partial charge in [-0.15, -0.1) is 0 Å². The van der Waals surface area contributed by atoms with Crippen molar-refractivity contribution in [1.82, 2.24) is 20.4 Å². The number of amides is 2. The number of aromatic nitrogens is 2. The molecule has 4 rings (SSSR count). The number of hydrogen-bond donors (Lipinski definition) is 2. The van der Waals surface area contributed by atoms with E-state index in [0.29, 0.717) is 59.8 Å². The van der Waals surface area contributed by atoms with Crippen molar-refractivity contribution in [2.75, 3.05) is 25.0 Å². The van der Waals surface area contributed by atoms with E-state index in [-0.39, 0.29) is 17.7 Å². The Morgan fingerprint density at radius 1 is 1.11 bits per heavy atom. The van der Waals surface area contributed by atoms with E-state index < -0.39 is 0 Å². The number of carbonyl (C=O) groups excluding carboxylic acids is 2. The van der Waals surface area contributed by atoms with Gasteiger partial charge in [0.25, 0.3) is 5.91 Å². The minimum atomic E-state index is -0.179. The fourth-order valence-corrected chi connectivity index (χ4v) is 4.12. The van der Waals surface area contributed by atoms with Crippen molar-refractivity contribution in [3.63, 3.8) is 0 Å². The highest BCUT2D eigenvalue weighted by Gasteiger charge is 2.27. The fourth-order valence-electron chi connectivity index (χ4n) is 4.00. The maximum absolute atomic E-state index is 12.9. The predicted octanol–water partition coefficient (Wildman–Crippen LogP) is 4.63. The second kappa shape index (κ2) is 11.5. The lowest BCUT2D eigenvalue weighted by molar-refractivity contribution is -0.121. The van der Waals surface area contributed by atoms with Crippen LogP contribution in [0.15, 0.2) is 53.1 Å². The number of anilines is 1. The third-order valence-corrected chi connectivity index (χ3v) is 6.24. The molecule has 0 atom stereocenters. The Morgan fingerprint density at radius 3 is 2.54 bits per heavy atom. The van der Waals surface area contributed by atoms with Crippen LogP contribution in [0.4, 0.5) is 5.69 Å². The van der Waals surface area contributed by atoms with Gasteiger partial charge in [0.05, 0.1) is 17.8 Å². The predicted molar refractivity (Wildman–Crippen MR) is 135 cm³/mol. The lowest BCUT2D eigenvalue weighted by Crippen LogP contribution is -2.38. The largest absolute Gasteiger partial charge is 0.352 e. The molecule has 0 bridgehead atoms. The average molecular weight is 496 g/mol. The number of nitrogens with zero attached hydrogens (tertiary/aromatic N) is 3. The van der Waals surface area contributed by atoms with Crippen LogP contribution in [0.25, 0.3) is 11.4 Å². The molecule has 2 amide bonds. The Balaban J connectivity index is 1.29. The highest BCUT2D eigenvalue weighted by atomic mass is 35.5. The summed E-state index contributed by atoms with van der Waals surface area (Å²) in [6, 6.07) is 14.4. The van der Waals surface area contributed by atoms with Crippen molar-refractivity contribution in [1.29, 1.82) is 0 Å². The first-order valence-corrected chi connectivity index (χ1v) is 12.3. The molecule has 1 fully saturated rings. The van der Waals surface area contributed by atoms with Crippen molar-refractivity contribution < 1.29 is 14.1 Å². The summed E-state index contributed by atoms with van der Waals surface area (Å²) < 4.78 is 5.42. The summed E-state index contributed by atoms with van der Waals surface area (Å²) in [5.74, 6) is 1.06. The third-order valence-electron chi connectivity index (χ3n) is 5.99. The van der Waals surface area contributed by atoms with Crippen molar-refractivity contribution in [2.24, 2.45) is 11.8 Å². The third kappa shape index (κ3) is 6.68. The van der Waals surface area contributed by atoms with Gasteiger partial charge in [0.2, 0.25) is 17.6 Å². The lowest BCUT2D eigenvalue weighted by atomic mass is 9.95. The van der Waals surface area contributed by atoms with Crippen LogP contribution in [0.3, 0.4) is 0 Å². The topological polar surface area (TPSA) is 100 Å². The Labute approximate surface area is 210 Å². The number of piperidine rings is 1. The molecule has 0 radical (unpaired) electrons. The zero-order chi connectivity index (χ0) is 24.8. The Hall–Kier alpha value is -3.23. The average Bonchev–Trinajstić information content (AvgIpc) is 3.32. The van der Waals surface area contributed by atoms with Crippen LogP contribution in [-0.2, 0) is 11.3 Å². The molecule has 8 nitrogen and oxygen atoms in total. The van der Waals surface area contributed by atoms with Gasteiger partial charge in [0.15, 0.2) is 0 Å². The Kier molecular flexibility index (Phi) is 8.15. The molecule has 1 aliphatic heterocycles. The van der Waals surface area contributed by atoms with Crippen LogP contribution < -0.4 is 10.6 Å². The molecular formula is C26H30ClN5O3. The maximum atomic E-state index is 12.9. The Morgan fingerprint density at radius 2 is 1.83 bits per heavy atom. The number of hydrogen-bond acceptors (Lipinski definition) is 6. The summed E-state index contributed by atoms with van der Waals surface area (Å²) in [5.41, 5.74) is 1.87. The van der Waals surface area contributed by atoms with E-state index in [4.69, 9.17) is 16.1 Å². The van der Waals surface area contributed by atoms with E-state index in [1.807, 2.05) is 32.0 Å². The zero-order valence-corrected chi connectivity index (χ0v) is 20.7. The molecule has 0 unspecified atom stereocenters. The second-order valence-corrected chi connectivity index (χ2v) is 9.64. The number of benzene rings is 2. The number of para-hydroxylation sites is 1. The van der Waals surface area contributed by atoms with Gasteiger partial charge in [-0.1, -0.05) is 42.7 Å². The molecule has 0 spiro atoms. The molecule has 0 saturated carbocycles. The van der Waals surface area contributed by atoms with Gasteiger partial charge in [-0.3, -0.25) is 14.5 Å². The molecule has 2 heterocycles. The second-order valence-electron chi connectivity index (χ2n) is 9.21. The van der Waals surface area contributed by atoms with Gasteiger partial charge in [-0.25, -0.2) is 0 Å². The van der Waals surface area contributed by atoms with Gasteiger partial charge >= 0.3 is 0 Å². The molecule has 1 saturated heterocycles. The number of halogens is 1. The number of rotatable bonds is 8. The number of carbonyl (C=O) groups is 2. The van der Waals surface area contributed by atoms with Crippen LogP contribution in [0.2, 0.25) is 5.02 Å². The quantitative estimate of drug-likeness (QED) is 0.472. The maximum Gasteiger partial charge on any atom is 0.253 e. The first kappa shape index (κ1) is 24.9. The van der Waals surface area contributed by atoms with Gasteiger partial charge < -0.3 is 15.2 Å². The van der Waals surface area contributed by atoms with Gasteiger partial charge in [-0.2, -0.15) is 4.98 Å². The van der Waals surface area contributed by atoms with E-state index >= 15 is 0 Å². The SMILES string of the molecule is CC(C)CNC(=O)c1ccccc1NC(=O)C1CCN(Cc2nc(-c3ccc(Cl)cc3)no2)CC1. The molecule has 184 valence electrons. The monoisotopic (exact) mass is 495 g/mol. The van der Waals surface area contributed by atoms with Crippen LogP contribution in [0, 0.1) is 11.8 Å². The van der Waals surface area contributed by atoms with Gasteiger partial charge in [-0.05, 0) is 68.2 Å². The van der Waals surface area contributed by atoms with Crippen LogP contribution in [0.5, 0.6) is 0 Å². The minimum absolute atomic E-state index is 0.0587. The normalized spacial score (nSPS) is 14.7. The smallest absolute Gasteiger partial charge is 0.253 e. The molecule has 35 heavy (non-hydrogen) atoms. The highest BCUT2D eigenvalue weighted by Crippen LogP contribution is 2.24. The van der Waals surface area contributed by atoms with Crippen molar-refractivity contribution in [3.05, 3.63) is 65.0 Å². The van der Waals surface area contributed by atoms with E-state index in [9.17, 15) is 9.59 Å². The van der Waals surface area contributed by atoms with Crippen LogP contribution in [0.1, 0.15) is 42.9 Å². The van der Waals surface area contributed by atoms with Crippen LogP contribution >= 0.6 is 11.6 Å². The first-order valence-electron chi connectivity index (χ1n) is 11.9. The molecule has 2 aromatic carbocycles. The molecule has 0 aliphatic carbocycles. The molecular weight excluding hydrogens is 466 g/mol. The van der Waals surface area contributed by atoms with E-state index in [2.05, 4.69) is 25.7 Å². The lowest BCUT2D eigenvalue weighted by Gasteiger charge is -2.30. The standard InChI is InChI=1S/C26H30ClN5O3/c1-17(2)15-28-26(34)21-5-3-4-6-22(21)29-25(33)19-11-13-32(14-12-19)16-23-30-24(31-35-23)18-7-9-20(27)10-8-18/h3-10,17,19H,11-16H2,1-2H3,(H,28,34)(H,29,33). The number of likely N-dealkylation sites (tertiary alicyclic amines) is 1.